The number of anilines is 1. The first-order chi connectivity index (χ1) is 13.8. The molecule has 0 fully saturated rings. The summed E-state index contributed by atoms with van der Waals surface area (Å²) >= 11 is 10.6. The van der Waals surface area contributed by atoms with E-state index < -0.39 is 6.03 Å². The summed E-state index contributed by atoms with van der Waals surface area (Å²) in [5.74, 6) is 0. The van der Waals surface area contributed by atoms with Crippen LogP contribution in [-0.4, -0.2) is 16.8 Å². The van der Waals surface area contributed by atoms with E-state index in [4.69, 9.17) is 0 Å². The molecule has 1 heterocycles. The Morgan fingerprint density at radius 3 is 2.34 bits per heavy atom. The Bertz CT molecular complexity index is 1090. The third kappa shape index (κ3) is 4.99. The van der Waals surface area contributed by atoms with Crippen LogP contribution in [0.5, 0.6) is 0 Å². The van der Waals surface area contributed by atoms with E-state index in [0.29, 0.717) is 5.69 Å². The number of benzene rings is 2. The number of carbonyl (C=O) groups is 1. The van der Waals surface area contributed by atoms with Gasteiger partial charge in [0.1, 0.15) is 0 Å². The highest BCUT2D eigenvalue weighted by Gasteiger charge is 2.15. The van der Waals surface area contributed by atoms with Gasteiger partial charge in [-0.15, -0.1) is 0 Å². The molecule has 0 aliphatic rings. The van der Waals surface area contributed by atoms with Crippen molar-refractivity contribution in [2.75, 3.05) is 5.32 Å². The van der Waals surface area contributed by atoms with Crippen molar-refractivity contribution in [3.05, 3.63) is 78.4 Å². The normalized spacial score (nSPS) is 11.1. The Hall–Kier alpha value is -1.90. The first-order valence-electron chi connectivity index (χ1n) is 8.77. The highest BCUT2D eigenvalue weighted by Crippen LogP contribution is 2.30. The van der Waals surface area contributed by atoms with Gasteiger partial charge in [-0.05, 0) is 84.7 Å². The van der Waals surface area contributed by atoms with E-state index in [1.807, 2.05) is 63.2 Å². The Balaban J connectivity index is 1.75. The van der Waals surface area contributed by atoms with Crippen LogP contribution in [0.3, 0.4) is 0 Å². The van der Waals surface area contributed by atoms with Crippen LogP contribution in [0.2, 0.25) is 0 Å². The lowest BCUT2D eigenvalue weighted by Crippen LogP contribution is -2.24. The van der Waals surface area contributed by atoms with Crippen LogP contribution in [0.25, 0.3) is 5.69 Å². The molecule has 0 radical (unpaired) electrons. The Morgan fingerprint density at radius 2 is 1.69 bits per heavy atom. The predicted octanol–water partition coefficient (Wildman–Crippen LogP) is 6.85. The van der Waals surface area contributed by atoms with Gasteiger partial charge in [0.2, 0.25) is 0 Å². The molecule has 3 aromatic rings. The van der Waals surface area contributed by atoms with Crippen molar-refractivity contribution in [3.8, 4) is 5.69 Å². The Kier molecular flexibility index (Phi) is 6.97. The van der Waals surface area contributed by atoms with Crippen LogP contribution in [0.15, 0.2) is 61.0 Å². The van der Waals surface area contributed by atoms with Crippen LogP contribution >= 0.6 is 47.8 Å². The Labute approximate surface area is 195 Å². The molecule has 5 nitrogen and oxygen atoms in total. The van der Waals surface area contributed by atoms with Gasteiger partial charge < -0.3 is 9.88 Å². The van der Waals surface area contributed by atoms with Crippen molar-refractivity contribution in [1.82, 2.24) is 9.99 Å². The number of rotatable bonds is 4. The fourth-order valence-electron chi connectivity index (χ4n) is 2.99. The zero-order valence-corrected chi connectivity index (χ0v) is 20.8. The van der Waals surface area contributed by atoms with E-state index in [2.05, 4.69) is 68.2 Å². The van der Waals surface area contributed by atoms with Gasteiger partial charge in [-0.25, -0.2) is 10.2 Å². The van der Waals surface area contributed by atoms with Crippen molar-refractivity contribution >= 4 is 65.7 Å². The maximum Gasteiger partial charge on any atom is 0.339 e. The number of halogens is 3. The molecule has 0 spiro atoms. The number of hydrogen-bond acceptors (Lipinski definition) is 2. The molecule has 2 N–H and O–H groups in total. The van der Waals surface area contributed by atoms with E-state index in [1.54, 1.807) is 6.21 Å². The molecule has 0 bridgehead atoms. The number of hydrogen-bond donors (Lipinski definition) is 2. The second kappa shape index (κ2) is 9.28. The monoisotopic (exact) mass is 580 g/mol. The van der Waals surface area contributed by atoms with Gasteiger partial charge in [0.05, 0.1) is 6.21 Å². The van der Waals surface area contributed by atoms with Crippen molar-refractivity contribution in [2.45, 2.75) is 20.8 Å². The molecular formula is C21H19Br3N4O. The number of aryl methyl sites for hydroxylation is 1. The molecule has 0 atom stereocenters. The van der Waals surface area contributed by atoms with E-state index in [-0.39, 0.29) is 0 Å². The summed E-state index contributed by atoms with van der Waals surface area (Å²) in [4.78, 5) is 12.1. The number of amides is 2. The zero-order chi connectivity index (χ0) is 21.1. The predicted molar refractivity (Wildman–Crippen MR) is 129 cm³/mol. The average molecular weight is 583 g/mol. The maximum atomic E-state index is 12.1. The number of nitrogens with zero attached hydrogens (tertiary/aromatic N) is 2. The Morgan fingerprint density at radius 1 is 1.00 bits per heavy atom. The highest BCUT2D eigenvalue weighted by atomic mass is 79.9. The van der Waals surface area contributed by atoms with Gasteiger partial charge in [0.15, 0.2) is 0 Å². The van der Waals surface area contributed by atoms with Crippen molar-refractivity contribution in [2.24, 2.45) is 5.10 Å². The van der Waals surface area contributed by atoms with E-state index in [1.165, 1.54) is 0 Å². The quantitative estimate of drug-likeness (QED) is 0.257. The topological polar surface area (TPSA) is 58.4 Å². The number of nitrogens with one attached hydrogen (secondary N) is 2. The molecule has 1 aromatic heterocycles. The molecule has 0 saturated carbocycles. The lowest BCUT2D eigenvalue weighted by molar-refractivity contribution is 0.252. The summed E-state index contributed by atoms with van der Waals surface area (Å²) in [6, 6.07) is 13.3. The lowest BCUT2D eigenvalue weighted by atomic mass is 10.2. The minimum atomic E-state index is -0.402. The van der Waals surface area contributed by atoms with Crippen molar-refractivity contribution in [3.63, 3.8) is 0 Å². The standard InChI is InChI=1S/C21H19Br3N4O/c1-12-10-16(6-9-19(12)23)26-21(29)27-25-11-18-13(2)28(14(3)20(18)24)17-7-4-15(22)5-8-17/h4-11H,1-3H3,(H2,26,27,29)/b25-11+. The molecule has 2 amide bonds. The summed E-state index contributed by atoms with van der Waals surface area (Å²) in [7, 11) is 0. The summed E-state index contributed by atoms with van der Waals surface area (Å²) in [5, 5.41) is 6.88. The van der Waals surface area contributed by atoms with E-state index in [9.17, 15) is 4.79 Å². The molecule has 0 aliphatic carbocycles. The minimum absolute atomic E-state index is 0.402. The third-order valence-electron chi connectivity index (χ3n) is 4.48. The smallest absolute Gasteiger partial charge is 0.317 e. The fraction of sp³-hybridized carbons (Fsp3) is 0.143. The van der Waals surface area contributed by atoms with Gasteiger partial charge in [-0.2, -0.15) is 5.10 Å². The first kappa shape index (κ1) is 21.8. The van der Waals surface area contributed by atoms with Gasteiger partial charge in [-0.1, -0.05) is 31.9 Å². The summed E-state index contributed by atoms with van der Waals surface area (Å²) in [6.07, 6.45) is 1.65. The average Bonchev–Trinajstić information content (AvgIpc) is 2.89. The van der Waals surface area contributed by atoms with Crippen LogP contribution < -0.4 is 10.7 Å². The number of carbonyl (C=O) groups excluding carboxylic acids is 1. The van der Waals surface area contributed by atoms with Gasteiger partial charge >= 0.3 is 6.03 Å². The number of hydrazone groups is 1. The second-order valence-corrected chi connectivity index (χ2v) is 9.06. The van der Waals surface area contributed by atoms with Gasteiger partial charge in [0.25, 0.3) is 0 Å². The molecule has 0 aliphatic heterocycles. The highest BCUT2D eigenvalue weighted by molar-refractivity contribution is 9.11. The number of urea groups is 1. The lowest BCUT2D eigenvalue weighted by Gasteiger charge is -2.09. The molecule has 3 rings (SSSR count). The summed E-state index contributed by atoms with van der Waals surface area (Å²) in [6.45, 7) is 6.02. The molecule has 0 saturated heterocycles. The molecule has 2 aromatic carbocycles. The minimum Gasteiger partial charge on any atom is -0.317 e. The summed E-state index contributed by atoms with van der Waals surface area (Å²) in [5.41, 5.74) is 8.29. The molecule has 8 heteroatoms. The summed E-state index contributed by atoms with van der Waals surface area (Å²) < 4.78 is 5.10. The molecule has 29 heavy (non-hydrogen) atoms. The largest absolute Gasteiger partial charge is 0.339 e. The molecule has 150 valence electrons. The molecule has 0 unspecified atom stereocenters. The second-order valence-electron chi connectivity index (χ2n) is 6.50. The van der Waals surface area contributed by atoms with Crippen molar-refractivity contribution < 1.29 is 4.79 Å². The van der Waals surface area contributed by atoms with Crippen LogP contribution in [0, 0.1) is 20.8 Å². The third-order valence-corrected chi connectivity index (χ3v) is 6.89. The fourth-order valence-corrected chi connectivity index (χ4v) is 4.07. The van der Waals surface area contributed by atoms with E-state index >= 15 is 0 Å². The van der Waals surface area contributed by atoms with Crippen LogP contribution in [0.1, 0.15) is 22.5 Å². The van der Waals surface area contributed by atoms with Crippen LogP contribution in [0.4, 0.5) is 10.5 Å². The number of aromatic nitrogens is 1. The zero-order valence-electron chi connectivity index (χ0n) is 16.1. The van der Waals surface area contributed by atoms with Crippen LogP contribution in [-0.2, 0) is 0 Å². The molecular weight excluding hydrogens is 564 g/mol. The maximum absolute atomic E-state index is 12.1. The van der Waals surface area contributed by atoms with Gasteiger partial charge in [-0.3, -0.25) is 0 Å². The van der Waals surface area contributed by atoms with Gasteiger partial charge in [0, 0.05) is 41.7 Å². The van der Waals surface area contributed by atoms with Crippen molar-refractivity contribution in [1.29, 1.82) is 0 Å². The first-order valence-corrected chi connectivity index (χ1v) is 11.2. The SMILES string of the molecule is Cc1cc(NC(=O)N/N=C/c2c(Br)c(C)n(-c3ccc(Br)cc3)c2C)ccc1Br. The van der Waals surface area contributed by atoms with E-state index in [0.717, 1.165) is 41.6 Å².